The molecule has 0 fully saturated rings. The fraction of sp³-hybridized carbons (Fsp3) is 0.643. The molecular weight excluding hydrogens is 369 g/mol. The molecule has 3 unspecified atom stereocenters. The predicted molar refractivity (Wildman–Crippen MR) is 84.2 cm³/mol. The molecule has 0 saturated carbocycles. The number of aromatic nitrogens is 1. The molecular formula is C14H18ClF3N2O3S. The first-order valence-electron chi connectivity index (χ1n) is 7.33. The summed E-state index contributed by atoms with van der Waals surface area (Å²) in [7, 11) is -1.38. The molecule has 1 aliphatic rings. The molecule has 0 bridgehead atoms. The van der Waals surface area contributed by atoms with Gasteiger partial charge in [-0.2, -0.15) is 13.2 Å². The van der Waals surface area contributed by atoms with Crippen molar-refractivity contribution in [3.8, 4) is 5.75 Å². The number of nitrogens with one attached hydrogen (secondary N) is 1. The van der Waals surface area contributed by atoms with Crippen LogP contribution in [0.5, 0.6) is 5.75 Å². The molecule has 136 valence electrons. The molecule has 2 rings (SSSR count). The highest BCUT2D eigenvalue weighted by Crippen LogP contribution is 2.43. The Bertz CT molecular complexity index is 644. The molecule has 5 nitrogen and oxygen atoms in total. The van der Waals surface area contributed by atoms with Crippen LogP contribution in [0.3, 0.4) is 0 Å². The Balaban J connectivity index is 2.34. The molecule has 1 aromatic rings. The van der Waals surface area contributed by atoms with Crippen LogP contribution in [0.4, 0.5) is 13.2 Å². The minimum Gasteiger partial charge on any atom is -0.488 e. The molecule has 0 aromatic carbocycles. The lowest BCUT2D eigenvalue weighted by Crippen LogP contribution is -2.43. The summed E-state index contributed by atoms with van der Waals surface area (Å²) < 4.78 is 58.6. The molecule has 24 heavy (non-hydrogen) atoms. The molecule has 1 aromatic heterocycles. The number of alkyl halides is 3. The van der Waals surface area contributed by atoms with E-state index in [1.165, 1.54) is 0 Å². The average Bonchev–Trinajstić information content (AvgIpc) is 2.81. The standard InChI is InChI=1S/C14H18ClF3N2O3S/c1-3-4-5-24(22)20-13(2)7-23-10-8(13)6-9(19-12(10)15)11(21)14(16,17)18/h6,11,20-21H,3-5,7H2,1-2H3. The van der Waals surface area contributed by atoms with Crippen molar-refractivity contribution in [3.63, 3.8) is 0 Å². The van der Waals surface area contributed by atoms with Gasteiger partial charge in [-0.3, -0.25) is 0 Å². The normalized spacial score (nSPS) is 22.8. The van der Waals surface area contributed by atoms with Crippen LogP contribution in [0.2, 0.25) is 5.15 Å². The quantitative estimate of drug-likeness (QED) is 0.737. The van der Waals surface area contributed by atoms with Crippen LogP contribution in [-0.4, -0.2) is 32.8 Å². The molecule has 3 atom stereocenters. The van der Waals surface area contributed by atoms with E-state index in [-0.39, 0.29) is 17.5 Å². The summed E-state index contributed by atoms with van der Waals surface area (Å²) in [4.78, 5) is 3.57. The summed E-state index contributed by atoms with van der Waals surface area (Å²) in [5.41, 5.74) is -1.31. The third-order valence-electron chi connectivity index (χ3n) is 3.66. The molecule has 0 aliphatic carbocycles. The van der Waals surface area contributed by atoms with Crippen molar-refractivity contribution >= 4 is 22.6 Å². The first-order valence-corrected chi connectivity index (χ1v) is 9.03. The Hall–Kier alpha value is -0.900. The maximum Gasteiger partial charge on any atom is 0.420 e. The number of hydrogen-bond donors (Lipinski definition) is 2. The van der Waals surface area contributed by atoms with Gasteiger partial charge < -0.3 is 9.84 Å². The summed E-state index contributed by atoms with van der Waals surface area (Å²) >= 11 is 5.90. The zero-order valence-electron chi connectivity index (χ0n) is 13.1. The minimum absolute atomic E-state index is 0.0488. The lowest BCUT2D eigenvalue weighted by molar-refractivity contribution is -0.208. The molecule has 0 amide bonds. The highest BCUT2D eigenvalue weighted by Gasteiger charge is 2.44. The zero-order chi connectivity index (χ0) is 18.1. The van der Waals surface area contributed by atoms with Crippen LogP contribution in [0.15, 0.2) is 6.07 Å². The van der Waals surface area contributed by atoms with Crippen molar-refractivity contribution in [3.05, 3.63) is 22.5 Å². The lowest BCUT2D eigenvalue weighted by atomic mass is 9.95. The Morgan fingerprint density at radius 3 is 2.83 bits per heavy atom. The Kier molecular flexibility index (Phi) is 5.79. The van der Waals surface area contributed by atoms with E-state index in [1.54, 1.807) is 6.92 Å². The van der Waals surface area contributed by atoms with E-state index < -0.39 is 34.5 Å². The van der Waals surface area contributed by atoms with Crippen molar-refractivity contribution in [1.29, 1.82) is 0 Å². The van der Waals surface area contributed by atoms with Gasteiger partial charge in [0.05, 0.1) is 22.2 Å². The molecule has 1 aliphatic heterocycles. The van der Waals surface area contributed by atoms with E-state index >= 15 is 0 Å². The first kappa shape index (κ1) is 19.4. The number of aliphatic hydroxyl groups is 1. The van der Waals surface area contributed by atoms with E-state index in [9.17, 15) is 22.5 Å². The van der Waals surface area contributed by atoms with Crippen LogP contribution in [0.1, 0.15) is 44.1 Å². The Morgan fingerprint density at radius 2 is 2.25 bits per heavy atom. The number of rotatable bonds is 6. The Labute approximate surface area is 145 Å². The average molecular weight is 387 g/mol. The summed E-state index contributed by atoms with van der Waals surface area (Å²) in [6.07, 6.45) is -6.00. The topological polar surface area (TPSA) is 71.5 Å². The van der Waals surface area contributed by atoms with Crippen molar-refractivity contribution < 1.29 is 27.2 Å². The summed E-state index contributed by atoms with van der Waals surface area (Å²) in [5.74, 6) is 0.551. The number of nitrogens with zero attached hydrogens (tertiary/aromatic N) is 1. The van der Waals surface area contributed by atoms with Crippen molar-refractivity contribution in [2.75, 3.05) is 12.4 Å². The monoisotopic (exact) mass is 386 g/mol. The summed E-state index contributed by atoms with van der Waals surface area (Å²) in [6, 6.07) is 1.09. The third-order valence-corrected chi connectivity index (χ3v) is 5.26. The highest BCUT2D eigenvalue weighted by atomic mass is 35.5. The van der Waals surface area contributed by atoms with E-state index in [1.807, 2.05) is 6.92 Å². The second kappa shape index (κ2) is 7.15. The van der Waals surface area contributed by atoms with E-state index in [0.717, 1.165) is 18.9 Å². The lowest BCUT2D eigenvalue weighted by Gasteiger charge is -2.24. The molecule has 2 heterocycles. The van der Waals surface area contributed by atoms with Crippen LogP contribution < -0.4 is 9.46 Å². The SMILES string of the molecule is CCCCS(=O)NC1(C)COc2c1cc(C(O)C(F)(F)F)nc2Cl. The summed E-state index contributed by atoms with van der Waals surface area (Å²) in [5, 5.41) is 9.15. The van der Waals surface area contributed by atoms with Gasteiger partial charge >= 0.3 is 6.18 Å². The molecule has 0 saturated heterocycles. The molecule has 10 heteroatoms. The van der Waals surface area contributed by atoms with Crippen molar-refractivity contribution in [2.24, 2.45) is 0 Å². The van der Waals surface area contributed by atoms with Gasteiger partial charge in [-0.15, -0.1) is 0 Å². The Morgan fingerprint density at radius 1 is 1.58 bits per heavy atom. The zero-order valence-corrected chi connectivity index (χ0v) is 14.7. The number of hydrogen-bond acceptors (Lipinski definition) is 4. The second-order valence-corrected chi connectivity index (χ2v) is 7.45. The third kappa shape index (κ3) is 4.01. The largest absolute Gasteiger partial charge is 0.488 e. The number of fused-ring (bicyclic) bond motifs is 1. The van der Waals surface area contributed by atoms with Gasteiger partial charge in [0.25, 0.3) is 0 Å². The number of unbranched alkanes of at least 4 members (excludes halogenated alkanes) is 1. The maximum absolute atomic E-state index is 12.7. The van der Waals surface area contributed by atoms with E-state index in [2.05, 4.69) is 9.71 Å². The number of aliphatic hydroxyl groups excluding tert-OH is 1. The van der Waals surface area contributed by atoms with E-state index in [0.29, 0.717) is 11.3 Å². The van der Waals surface area contributed by atoms with Crippen LogP contribution in [0, 0.1) is 0 Å². The van der Waals surface area contributed by atoms with Gasteiger partial charge in [-0.1, -0.05) is 24.9 Å². The molecule has 0 radical (unpaired) electrons. The fourth-order valence-electron chi connectivity index (χ4n) is 2.33. The van der Waals surface area contributed by atoms with Gasteiger partial charge in [0.15, 0.2) is 17.0 Å². The number of ether oxygens (including phenoxy) is 1. The predicted octanol–water partition coefficient (Wildman–Crippen LogP) is 2.99. The number of pyridine rings is 1. The number of halogens is 4. The van der Waals surface area contributed by atoms with Gasteiger partial charge in [0.1, 0.15) is 6.61 Å². The van der Waals surface area contributed by atoms with Gasteiger partial charge in [0.2, 0.25) is 0 Å². The minimum atomic E-state index is -4.86. The van der Waals surface area contributed by atoms with Gasteiger partial charge in [0, 0.05) is 11.3 Å². The molecule has 0 spiro atoms. The van der Waals surface area contributed by atoms with Gasteiger partial charge in [-0.05, 0) is 19.4 Å². The van der Waals surface area contributed by atoms with Crippen molar-refractivity contribution in [1.82, 2.24) is 9.71 Å². The summed E-state index contributed by atoms with van der Waals surface area (Å²) in [6.45, 7) is 3.67. The second-order valence-electron chi connectivity index (χ2n) is 5.78. The smallest absolute Gasteiger partial charge is 0.420 e. The van der Waals surface area contributed by atoms with Gasteiger partial charge in [-0.25, -0.2) is 13.9 Å². The van der Waals surface area contributed by atoms with E-state index in [4.69, 9.17) is 16.3 Å². The maximum atomic E-state index is 12.7. The van der Waals surface area contributed by atoms with Crippen LogP contribution >= 0.6 is 11.6 Å². The highest BCUT2D eigenvalue weighted by molar-refractivity contribution is 7.83. The van der Waals surface area contributed by atoms with Crippen molar-refractivity contribution in [2.45, 2.75) is 44.5 Å². The molecule has 2 N–H and O–H groups in total. The first-order chi connectivity index (χ1) is 11.1. The van der Waals surface area contributed by atoms with Crippen LogP contribution in [0.25, 0.3) is 0 Å². The van der Waals surface area contributed by atoms with Crippen LogP contribution in [-0.2, 0) is 16.5 Å². The fourth-order valence-corrected chi connectivity index (χ4v) is 3.91.